The van der Waals surface area contributed by atoms with Crippen LogP contribution < -0.4 is 0 Å². The Morgan fingerprint density at radius 1 is 1.19 bits per heavy atom. The van der Waals surface area contributed by atoms with Crippen LogP contribution in [0.3, 0.4) is 0 Å². The number of aromatic nitrogens is 2. The Balaban J connectivity index is 2.72. The molecule has 0 aliphatic heterocycles. The summed E-state index contributed by atoms with van der Waals surface area (Å²) in [5, 5.41) is 4.41. The molecular weight excluding hydrogens is 332 g/mol. The van der Waals surface area contributed by atoms with Crippen molar-refractivity contribution < 1.29 is 0 Å². The summed E-state index contributed by atoms with van der Waals surface area (Å²) in [5.74, 6) is 0. The van der Waals surface area contributed by atoms with E-state index < -0.39 is 0 Å². The lowest BCUT2D eigenvalue weighted by molar-refractivity contribution is 0.763. The van der Waals surface area contributed by atoms with Crippen molar-refractivity contribution in [1.29, 1.82) is 0 Å². The zero-order chi connectivity index (χ0) is 11.9. The molecule has 0 saturated carbocycles. The first kappa shape index (κ1) is 11.9. The molecule has 2 rings (SSSR count). The summed E-state index contributed by atoms with van der Waals surface area (Å²) in [7, 11) is 1.97. The highest BCUT2D eigenvalue weighted by Crippen LogP contribution is 2.34. The minimum absolute atomic E-state index is 1.01. The largest absolute Gasteiger partial charge is 0.266 e. The summed E-state index contributed by atoms with van der Waals surface area (Å²) >= 11 is 7.15. The summed E-state index contributed by atoms with van der Waals surface area (Å²) in [6, 6.07) is 6.21. The normalized spacial score (nSPS) is 10.8. The standard InChI is InChI=1S/C12H12Br2N2/c1-7-9(5-4-6-10(7)13)12-11(14)8(2)15-16(12)3/h4-6H,1-3H3. The van der Waals surface area contributed by atoms with Crippen LogP contribution >= 0.6 is 31.9 Å². The maximum atomic E-state index is 4.41. The molecule has 0 fully saturated rings. The molecule has 84 valence electrons. The molecule has 0 saturated heterocycles. The van der Waals surface area contributed by atoms with Gasteiger partial charge < -0.3 is 0 Å². The van der Waals surface area contributed by atoms with Crippen LogP contribution in [-0.4, -0.2) is 9.78 Å². The van der Waals surface area contributed by atoms with Crippen LogP contribution in [0.1, 0.15) is 11.3 Å². The maximum absolute atomic E-state index is 4.41. The van der Waals surface area contributed by atoms with Crippen LogP contribution in [0.2, 0.25) is 0 Å². The molecule has 0 aliphatic rings. The highest BCUT2D eigenvalue weighted by Gasteiger charge is 2.15. The Morgan fingerprint density at radius 3 is 2.44 bits per heavy atom. The molecule has 0 N–H and O–H groups in total. The van der Waals surface area contributed by atoms with E-state index in [4.69, 9.17) is 0 Å². The quantitative estimate of drug-likeness (QED) is 0.757. The summed E-state index contributed by atoms with van der Waals surface area (Å²) < 4.78 is 4.10. The summed E-state index contributed by atoms with van der Waals surface area (Å²) in [4.78, 5) is 0. The summed E-state index contributed by atoms with van der Waals surface area (Å²) in [5.41, 5.74) is 4.56. The molecule has 1 aromatic carbocycles. The second kappa shape index (κ2) is 4.34. The fourth-order valence-corrected chi connectivity index (χ4v) is 2.70. The first-order valence-corrected chi connectivity index (χ1v) is 6.55. The highest BCUT2D eigenvalue weighted by atomic mass is 79.9. The van der Waals surface area contributed by atoms with Gasteiger partial charge in [-0.25, -0.2) is 0 Å². The van der Waals surface area contributed by atoms with Gasteiger partial charge in [0.05, 0.1) is 15.9 Å². The third-order valence-corrected chi connectivity index (χ3v) is 4.48. The number of halogens is 2. The number of hydrogen-bond acceptors (Lipinski definition) is 1. The fraction of sp³-hybridized carbons (Fsp3) is 0.250. The van der Waals surface area contributed by atoms with Gasteiger partial charge >= 0.3 is 0 Å². The van der Waals surface area contributed by atoms with Crippen LogP contribution in [0.5, 0.6) is 0 Å². The Labute approximate surface area is 112 Å². The van der Waals surface area contributed by atoms with Crippen LogP contribution in [-0.2, 0) is 7.05 Å². The first-order valence-electron chi connectivity index (χ1n) is 4.97. The average Bonchev–Trinajstić information content (AvgIpc) is 2.47. The molecule has 0 radical (unpaired) electrons. The average molecular weight is 344 g/mol. The lowest BCUT2D eigenvalue weighted by atomic mass is 10.1. The van der Waals surface area contributed by atoms with Crippen molar-refractivity contribution in [3.63, 3.8) is 0 Å². The van der Waals surface area contributed by atoms with E-state index in [2.05, 4.69) is 56.0 Å². The van der Waals surface area contributed by atoms with Crippen molar-refractivity contribution in [2.75, 3.05) is 0 Å². The third-order valence-electron chi connectivity index (χ3n) is 2.67. The predicted molar refractivity (Wildman–Crippen MR) is 73.5 cm³/mol. The lowest BCUT2D eigenvalue weighted by Crippen LogP contribution is -1.95. The van der Waals surface area contributed by atoms with E-state index in [1.54, 1.807) is 0 Å². The number of benzene rings is 1. The summed E-state index contributed by atoms with van der Waals surface area (Å²) in [6.07, 6.45) is 0. The molecule has 1 aromatic heterocycles. The van der Waals surface area contributed by atoms with Gasteiger partial charge in [-0.2, -0.15) is 5.10 Å². The predicted octanol–water partition coefficient (Wildman–Crippen LogP) is 4.23. The van der Waals surface area contributed by atoms with Gasteiger partial charge in [-0.3, -0.25) is 4.68 Å². The first-order chi connectivity index (χ1) is 7.52. The second-order valence-corrected chi connectivity index (χ2v) is 5.43. The van der Waals surface area contributed by atoms with E-state index in [1.807, 2.05) is 24.7 Å². The summed E-state index contributed by atoms with van der Waals surface area (Å²) in [6.45, 7) is 4.11. The van der Waals surface area contributed by atoms with Gasteiger partial charge in [0, 0.05) is 17.1 Å². The molecule has 0 unspecified atom stereocenters. The number of aryl methyl sites for hydroxylation is 2. The molecule has 2 aromatic rings. The Morgan fingerprint density at radius 2 is 1.88 bits per heavy atom. The zero-order valence-electron chi connectivity index (χ0n) is 9.38. The zero-order valence-corrected chi connectivity index (χ0v) is 12.6. The van der Waals surface area contributed by atoms with Gasteiger partial charge in [0.2, 0.25) is 0 Å². The van der Waals surface area contributed by atoms with Crippen molar-refractivity contribution in [3.8, 4) is 11.3 Å². The van der Waals surface area contributed by atoms with Gasteiger partial charge in [-0.15, -0.1) is 0 Å². The van der Waals surface area contributed by atoms with Crippen LogP contribution in [0.4, 0.5) is 0 Å². The number of nitrogens with zero attached hydrogens (tertiary/aromatic N) is 2. The Hall–Kier alpha value is -0.610. The third kappa shape index (κ3) is 1.84. The second-order valence-electron chi connectivity index (χ2n) is 3.78. The van der Waals surface area contributed by atoms with Crippen molar-refractivity contribution >= 4 is 31.9 Å². The molecule has 0 bridgehead atoms. The molecule has 0 spiro atoms. The minimum Gasteiger partial charge on any atom is -0.266 e. The molecule has 0 aliphatic carbocycles. The van der Waals surface area contributed by atoms with Crippen molar-refractivity contribution in [2.24, 2.45) is 7.05 Å². The molecule has 2 nitrogen and oxygen atoms in total. The molecule has 4 heteroatoms. The number of hydrogen-bond donors (Lipinski definition) is 0. The Bertz CT molecular complexity index is 544. The molecule has 0 atom stereocenters. The van der Waals surface area contributed by atoms with E-state index in [0.29, 0.717) is 0 Å². The van der Waals surface area contributed by atoms with Gasteiger partial charge in [0.15, 0.2) is 0 Å². The fourth-order valence-electron chi connectivity index (χ4n) is 1.79. The van der Waals surface area contributed by atoms with Crippen LogP contribution in [0, 0.1) is 13.8 Å². The van der Waals surface area contributed by atoms with Crippen molar-refractivity contribution in [2.45, 2.75) is 13.8 Å². The van der Waals surface area contributed by atoms with E-state index in [0.717, 1.165) is 20.3 Å². The van der Waals surface area contributed by atoms with Gasteiger partial charge in [0.1, 0.15) is 0 Å². The van der Waals surface area contributed by atoms with E-state index in [1.165, 1.54) is 11.1 Å². The van der Waals surface area contributed by atoms with Gasteiger partial charge in [-0.1, -0.05) is 28.1 Å². The van der Waals surface area contributed by atoms with Crippen LogP contribution in [0.25, 0.3) is 11.3 Å². The maximum Gasteiger partial charge on any atom is 0.0827 e. The van der Waals surface area contributed by atoms with Gasteiger partial charge in [0.25, 0.3) is 0 Å². The van der Waals surface area contributed by atoms with E-state index in [-0.39, 0.29) is 0 Å². The SMILES string of the molecule is Cc1nn(C)c(-c2cccc(Br)c2C)c1Br. The van der Waals surface area contributed by atoms with E-state index >= 15 is 0 Å². The van der Waals surface area contributed by atoms with Crippen LogP contribution in [0.15, 0.2) is 27.1 Å². The molecule has 16 heavy (non-hydrogen) atoms. The molecule has 1 heterocycles. The monoisotopic (exact) mass is 342 g/mol. The lowest BCUT2D eigenvalue weighted by Gasteiger charge is -2.08. The topological polar surface area (TPSA) is 17.8 Å². The highest BCUT2D eigenvalue weighted by molar-refractivity contribution is 9.11. The van der Waals surface area contributed by atoms with E-state index in [9.17, 15) is 0 Å². The smallest absolute Gasteiger partial charge is 0.0827 e. The minimum atomic E-state index is 1.01. The number of rotatable bonds is 1. The molecular formula is C12H12Br2N2. The van der Waals surface area contributed by atoms with Gasteiger partial charge in [-0.05, 0) is 41.4 Å². The Kier molecular flexibility index (Phi) is 3.22. The molecule has 0 amide bonds. The van der Waals surface area contributed by atoms with Crippen molar-refractivity contribution in [1.82, 2.24) is 9.78 Å². The van der Waals surface area contributed by atoms with Crippen molar-refractivity contribution in [3.05, 3.63) is 38.4 Å².